The smallest absolute Gasteiger partial charge is 0.322 e. The maximum absolute atomic E-state index is 13.9. The van der Waals surface area contributed by atoms with Crippen molar-refractivity contribution < 1.29 is 18.7 Å². The molecule has 3 amide bonds. The lowest BCUT2D eigenvalue weighted by Crippen LogP contribution is -2.22. The first-order valence-corrected chi connectivity index (χ1v) is 15.5. The third kappa shape index (κ3) is 6.83. The van der Waals surface area contributed by atoms with Gasteiger partial charge in [-0.1, -0.05) is 65.8 Å². The van der Waals surface area contributed by atoms with Crippen LogP contribution >= 0.6 is 0 Å². The molecule has 2 saturated heterocycles. The van der Waals surface area contributed by atoms with Crippen molar-refractivity contribution in [2.24, 2.45) is 0 Å². The van der Waals surface area contributed by atoms with Crippen LogP contribution in [0.25, 0.3) is 27.7 Å². The molecule has 2 aliphatic rings. The van der Waals surface area contributed by atoms with E-state index in [2.05, 4.69) is 15.2 Å². The van der Waals surface area contributed by atoms with E-state index >= 15 is 0 Å². The summed E-state index contributed by atoms with van der Waals surface area (Å²) in [4.78, 5) is 23.8. The molecule has 44 heavy (non-hydrogen) atoms. The monoisotopic (exact) mass is 601 g/mol. The Morgan fingerprint density at radius 2 is 1.55 bits per heavy atom. The van der Waals surface area contributed by atoms with Gasteiger partial charge in [0, 0.05) is 58.9 Å². The van der Waals surface area contributed by atoms with E-state index in [0.717, 1.165) is 46.3 Å². The fraction of sp³-hybridized carbons (Fsp3) is 0.343. The van der Waals surface area contributed by atoms with Crippen LogP contribution in [0.4, 0.5) is 14.9 Å². The van der Waals surface area contributed by atoms with E-state index in [1.807, 2.05) is 77.9 Å². The molecule has 5 N–H and O–H groups in total. The number of fused-ring (bicyclic) bond motifs is 1. The Bertz CT molecular complexity index is 1570. The largest absolute Gasteiger partial charge is 0.398 e. The van der Waals surface area contributed by atoms with Crippen LogP contribution in [0.1, 0.15) is 83.2 Å². The van der Waals surface area contributed by atoms with E-state index < -0.39 is 12.1 Å². The Balaban J connectivity index is 0.000000832. The lowest BCUT2D eigenvalue weighted by molar-refractivity contribution is -0.120. The molecule has 0 bridgehead atoms. The molecule has 0 saturated carbocycles. The number of nitrogen functional groups attached to an aromatic ring is 1. The van der Waals surface area contributed by atoms with E-state index in [0.29, 0.717) is 30.0 Å². The normalized spacial score (nSPS) is 15.9. The molecule has 0 aliphatic carbocycles. The molecule has 4 aromatic rings. The predicted molar refractivity (Wildman–Crippen MR) is 177 cm³/mol. The van der Waals surface area contributed by atoms with Crippen LogP contribution in [-0.2, 0) is 9.53 Å². The standard InChI is InChI=1S/C29H26FN5O3.3C2H6/c30-20-5-7-21(8-6-20)35-24-13-19(15-31)23(32)14-22(24)25(27(35)18-9-11-38-12-10-18)16-1-3-17(4-2-16)26-28(36)34-29(37)33-26;3*1-2/h1-8,13-15,18,26,31H,9-12,32H2,(H2,33,34,36,37);3*1-2H3. The maximum Gasteiger partial charge on any atom is 0.322 e. The molecule has 2 aliphatic heterocycles. The van der Waals surface area contributed by atoms with E-state index in [1.165, 1.54) is 18.3 Å². The van der Waals surface area contributed by atoms with Gasteiger partial charge in [-0.05, 0) is 60.4 Å². The summed E-state index contributed by atoms with van der Waals surface area (Å²) in [5, 5.41) is 13.7. The van der Waals surface area contributed by atoms with Crippen molar-refractivity contribution in [1.82, 2.24) is 15.2 Å². The molecule has 0 spiro atoms. The Kier molecular flexibility index (Phi) is 12.2. The fourth-order valence-electron chi connectivity index (χ4n) is 5.53. The number of nitrogens with one attached hydrogen (secondary N) is 3. The first-order valence-electron chi connectivity index (χ1n) is 15.5. The number of hydrogen-bond acceptors (Lipinski definition) is 5. The van der Waals surface area contributed by atoms with Crippen LogP contribution in [0.2, 0.25) is 0 Å². The number of nitrogens with zero attached hydrogens (tertiary/aromatic N) is 1. The van der Waals surface area contributed by atoms with Crippen LogP contribution < -0.4 is 16.4 Å². The molecule has 2 fully saturated rings. The zero-order chi connectivity index (χ0) is 32.4. The zero-order valence-corrected chi connectivity index (χ0v) is 26.5. The molecule has 9 heteroatoms. The Hall–Kier alpha value is -4.50. The van der Waals surface area contributed by atoms with Gasteiger partial charge in [0.2, 0.25) is 0 Å². The summed E-state index contributed by atoms with van der Waals surface area (Å²) < 4.78 is 21.7. The number of carbonyl (C=O) groups excluding carboxylic acids is 2. The number of imide groups is 1. The average molecular weight is 602 g/mol. The molecule has 1 aromatic heterocycles. The third-order valence-corrected chi connectivity index (χ3v) is 7.36. The van der Waals surface area contributed by atoms with Gasteiger partial charge in [0.1, 0.15) is 11.9 Å². The number of carbonyl (C=O) groups is 2. The van der Waals surface area contributed by atoms with Crippen LogP contribution in [0.5, 0.6) is 0 Å². The molecule has 1 atom stereocenters. The van der Waals surface area contributed by atoms with Gasteiger partial charge < -0.3 is 25.8 Å². The van der Waals surface area contributed by atoms with Gasteiger partial charge in [-0.3, -0.25) is 10.1 Å². The van der Waals surface area contributed by atoms with Gasteiger partial charge in [-0.2, -0.15) is 0 Å². The number of urea groups is 1. The Labute approximate surface area is 259 Å². The van der Waals surface area contributed by atoms with Crippen molar-refractivity contribution in [2.75, 3.05) is 18.9 Å². The lowest BCUT2D eigenvalue weighted by atomic mass is 9.89. The van der Waals surface area contributed by atoms with Gasteiger partial charge in [0.25, 0.3) is 5.91 Å². The highest BCUT2D eigenvalue weighted by molar-refractivity contribution is 6.06. The summed E-state index contributed by atoms with van der Waals surface area (Å²) in [6.45, 7) is 13.3. The van der Waals surface area contributed by atoms with Crippen molar-refractivity contribution in [3.05, 3.63) is 83.3 Å². The topological polar surface area (TPSA) is 122 Å². The molecule has 1 unspecified atom stereocenters. The number of ether oxygens (including phenoxy) is 1. The summed E-state index contributed by atoms with van der Waals surface area (Å²) in [6.07, 6.45) is 2.88. The van der Waals surface area contributed by atoms with E-state index in [4.69, 9.17) is 15.9 Å². The minimum atomic E-state index is -0.738. The molecular formula is C35H44FN5O3. The van der Waals surface area contributed by atoms with Gasteiger partial charge in [0.15, 0.2) is 0 Å². The van der Waals surface area contributed by atoms with Crippen LogP contribution in [0.15, 0.2) is 60.7 Å². The molecule has 0 radical (unpaired) electrons. The van der Waals surface area contributed by atoms with Crippen molar-refractivity contribution in [3.8, 4) is 16.8 Å². The second-order valence-corrected chi connectivity index (χ2v) is 9.62. The minimum absolute atomic E-state index is 0.167. The molecule has 8 nitrogen and oxygen atoms in total. The number of aromatic nitrogens is 1. The zero-order valence-electron chi connectivity index (χ0n) is 26.5. The second-order valence-electron chi connectivity index (χ2n) is 9.62. The number of amides is 3. The highest BCUT2D eigenvalue weighted by Gasteiger charge is 2.32. The highest BCUT2D eigenvalue weighted by Crippen LogP contribution is 2.44. The number of halogens is 1. The maximum atomic E-state index is 13.9. The van der Waals surface area contributed by atoms with Gasteiger partial charge in [-0.25, -0.2) is 9.18 Å². The Morgan fingerprint density at radius 1 is 0.932 bits per heavy atom. The van der Waals surface area contributed by atoms with Gasteiger partial charge in [0.05, 0.1) is 5.52 Å². The van der Waals surface area contributed by atoms with Crippen molar-refractivity contribution in [2.45, 2.75) is 66.3 Å². The van der Waals surface area contributed by atoms with Crippen molar-refractivity contribution in [1.29, 1.82) is 5.41 Å². The van der Waals surface area contributed by atoms with Crippen LogP contribution in [0.3, 0.4) is 0 Å². The van der Waals surface area contributed by atoms with Crippen molar-refractivity contribution >= 4 is 34.7 Å². The summed E-state index contributed by atoms with van der Waals surface area (Å²) in [6, 6.07) is 16.5. The molecule has 3 heterocycles. The summed E-state index contributed by atoms with van der Waals surface area (Å²) >= 11 is 0. The number of anilines is 1. The third-order valence-electron chi connectivity index (χ3n) is 7.36. The number of nitrogens with two attached hydrogens (primary N) is 1. The van der Waals surface area contributed by atoms with Gasteiger partial charge in [-0.15, -0.1) is 0 Å². The van der Waals surface area contributed by atoms with E-state index in [1.54, 1.807) is 12.1 Å². The van der Waals surface area contributed by atoms with Crippen LogP contribution in [-0.4, -0.2) is 35.9 Å². The fourth-order valence-corrected chi connectivity index (χ4v) is 5.53. The quantitative estimate of drug-likeness (QED) is 0.106. The van der Waals surface area contributed by atoms with Gasteiger partial charge >= 0.3 is 6.03 Å². The molecular weight excluding hydrogens is 557 g/mol. The highest BCUT2D eigenvalue weighted by atomic mass is 19.1. The molecule has 3 aromatic carbocycles. The second kappa shape index (κ2) is 15.8. The van der Waals surface area contributed by atoms with Crippen molar-refractivity contribution in [3.63, 3.8) is 0 Å². The first-order chi connectivity index (χ1) is 21.4. The minimum Gasteiger partial charge on any atom is -0.398 e. The summed E-state index contributed by atoms with van der Waals surface area (Å²) in [5.74, 6) is -0.535. The summed E-state index contributed by atoms with van der Waals surface area (Å²) in [7, 11) is 0. The Morgan fingerprint density at radius 3 is 2.09 bits per heavy atom. The number of benzene rings is 3. The van der Waals surface area contributed by atoms with Crippen LogP contribution in [0, 0.1) is 11.2 Å². The first kappa shape index (κ1) is 34.0. The predicted octanol–water partition coefficient (Wildman–Crippen LogP) is 7.87. The van der Waals surface area contributed by atoms with E-state index in [-0.39, 0.29) is 17.6 Å². The molecule has 234 valence electrons. The summed E-state index contributed by atoms with van der Waals surface area (Å²) in [5.41, 5.74) is 12.8. The average Bonchev–Trinajstić information content (AvgIpc) is 3.59. The number of rotatable bonds is 5. The number of hydrogen-bond donors (Lipinski definition) is 4. The SMILES string of the molecule is CC.CC.CC.N=Cc1cc2c(cc1N)c(-c1ccc(C3NC(=O)NC3=O)cc1)c(C1CCOCC1)n2-c1ccc(F)cc1. The van der Waals surface area contributed by atoms with E-state index in [9.17, 15) is 14.0 Å². The molecule has 6 rings (SSSR count). The lowest BCUT2D eigenvalue weighted by Gasteiger charge is -2.26.